The number of furan rings is 1. The molecule has 0 bridgehead atoms. The molecule has 1 aliphatic rings. The maximum absolute atomic E-state index is 12.7. The van der Waals surface area contributed by atoms with Crippen molar-refractivity contribution in [1.29, 1.82) is 0 Å². The molecular weight excluding hydrogens is 396 g/mol. The van der Waals surface area contributed by atoms with Gasteiger partial charge in [0.25, 0.3) is 5.91 Å². The molecular formula is C23H24N4O4. The first-order valence-corrected chi connectivity index (χ1v) is 10.2. The van der Waals surface area contributed by atoms with Gasteiger partial charge in [-0.05, 0) is 17.7 Å². The lowest BCUT2D eigenvalue weighted by Gasteiger charge is -2.33. The Morgan fingerprint density at radius 2 is 1.61 bits per heavy atom. The van der Waals surface area contributed by atoms with E-state index in [9.17, 15) is 14.4 Å². The number of benzene rings is 2. The smallest absolute Gasteiger partial charge is 0.321 e. The summed E-state index contributed by atoms with van der Waals surface area (Å²) in [4.78, 5) is 40.4. The van der Waals surface area contributed by atoms with Crippen molar-refractivity contribution in [3.05, 3.63) is 72.0 Å². The van der Waals surface area contributed by atoms with Crippen LogP contribution in [0, 0.1) is 0 Å². The monoisotopic (exact) mass is 420 g/mol. The minimum Gasteiger partial charge on any atom is -0.451 e. The average Bonchev–Trinajstić information content (AvgIpc) is 3.23. The lowest BCUT2D eigenvalue weighted by Crippen LogP contribution is -2.52. The molecule has 1 fully saturated rings. The Hall–Kier alpha value is -3.65. The summed E-state index contributed by atoms with van der Waals surface area (Å²) in [5.41, 5.74) is 1.64. The van der Waals surface area contributed by atoms with Crippen LogP contribution in [0.2, 0.25) is 0 Å². The van der Waals surface area contributed by atoms with Gasteiger partial charge in [-0.1, -0.05) is 48.5 Å². The third kappa shape index (κ3) is 5.29. The molecule has 0 radical (unpaired) electrons. The van der Waals surface area contributed by atoms with Gasteiger partial charge in [0.15, 0.2) is 5.76 Å². The molecule has 2 heterocycles. The standard InChI is InChI=1S/C23H24N4O4/c28-21(25-23(30)24-15-17-6-2-1-3-7-17)16-26-10-12-27(13-11-26)22(29)20-14-18-8-4-5-9-19(18)31-20/h1-9,14H,10-13,15-16H2,(H2,24,25,28,30). The van der Waals surface area contributed by atoms with Crippen LogP contribution in [0.1, 0.15) is 16.1 Å². The predicted octanol–water partition coefficient (Wildman–Crippen LogP) is 2.22. The molecule has 0 spiro atoms. The number of carbonyl (C=O) groups excluding carboxylic acids is 3. The highest BCUT2D eigenvalue weighted by molar-refractivity contribution is 5.96. The zero-order valence-electron chi connectivity index (χ0n) is 17.0. The van der Waals surface area contributed by atoms with Crippen molar-refractivity contribution < 1.29 is 18.8 Å². The van der Waals surface area contributed by atoms with Crippen LogP contribution in [-0.4, -0.2) is 60.4 Å². The van der Waals surface area contributed by atoms with Gasteiger partial charge in [0.2, 0.25) is 5.91 Å². The van der Waals surface area contributed by atoms with Crippen molar-refractivity contribution in [2.45, 2.75) is 6.54 Å². The summed E-state index contributed by atoms with van der Waals surface area (Å²) in [5.74, 6) is -0.203. The maximum Gasteiger partial charge on any atom is 0.321 e. The Kier molecular flexibility index (Phi) is 6.28. The fourth-order valence-electron chi connectivity index (χ4n) is 3.54. The van der Waals surface area contributed by atoms with Crippen LogP contribution in [0.5, 0.6) is 0 Å². The van der Waals surface area contributed by atoms with Crippen LogP contribution in [0.3, 0.4) is 0 Å². The lowest BCUT2D eigenvalue weighted by molar-refractivity contribution is -0.121. The van der Waals surface area contributed by atoms with E-state index in [-0.39, 0.29) is 18.4 Å². The Balaban J connectivity index is 1.21. The number of nitrogens with zero attached hydrogens (tertiary/aromatic N) is 2. The Morgan fingerprint density at radius 1 is 0.903 bits per heavy atom. The number of hydrogen-bond donors (Lipinski definition) is 2. The van der Waals surface area contributed by atoms with Gasteiger partial charge in [-0.3, -0.25) is 19.8 Å². The third-order valence-electron chi connectivity index (χ3n) is 5.21. The summed E-state index contributed by atoms with van der Waals surface area (Å²) in [6.07, 6.45) is 0. The van der Waals surface area contributed by atoms with Gasteiger partial charge in [-0.25, -0.2) is 4.79 Å². The van der Waals surface area contributed by atoms with E-state index in [0.717, 1.165) is 10.9 Å². The normalized spacial score (nSPS) is 14.4. The second-order valence-corrected chi connectivity index (χ2v) is 7.43. The highest BCUT2D eigenvalue weighted by atomic mass is 16.3. The molecule has 1 aromatic heterocycles. The van der Waals surface area contributed by atoms with Crippen molar-refractivity contribution >= 4 is 28.8 Å². The second-order valence-electron chi connectivity index (χ2n) is 7.43. The van der Waals surface area contributed by atoms with Crippen LogP contribution < -0.4 is 10.6 Å². The molecule has 8 nitrogen and oxygen atoms in total. The van der Waals surface area contributed by atoms with E-state index in [1.807, 2.05) is 59.5 Å². The molecule has 0 atom stereocenters. The summed E-state index contributed by atoms with van der Waals surface area (Å²) in [7, 11) is 0. The fraction of sp³-hybridized carbons (Fsp3) is 0.261. The van der Waals surface area contributed by atoms with E-state index in [1.54, 1.807) is 11.0 Å². The minimum atomic E-state index is -0.521. The molecule has 4 amide bonds. The molecule has 31 heavy (non-hydrogen) atoms. The molecule has 0 unspecified atom stereocenters. The second kappa shape index (κ2) is 9.44. The average molecular weight is 420 g/mol. The van der Waals surface area contributed by atoms with Crippen LogP contribution in [0.4, 0.5) is 4.79 Å². The molecule has 2 aromatic carbocycles. The van der Waals surface area contributed by atoms with Gasteiger partial charge in [0, 0.05) is 38.1 Å². The van der Waals surface area contributed by atoms with Crippen molar-refractivity contribution in [2.75, 3.05) is 32.7 Å². The summed E-state index contributed by atoms with van der Waals surface area (Å²) in [5, 5.41) is 5.91. The lowest BCUT2D eigenvalue weighted by atomic mass is 10.2. The van der Waals surface area contributed by atoms with Gasteiger partial charge in [0.1, 0.15) is 5.58 Å². The van der Waals surface area contributed by atoms with Gasteiger partial charge in [-0.15, -0.1) is 0 Å². The summed E-state index contributed by atoms with van der Waals surface area (Å²) >= 11 is 0. The molecule has 160 valence electrons. The highest BCUT2D eigenvalue weighted by Gasteiger charge is 2.25. The van der Waals surface area contributed by atoms with E-state index in [1.165, 1.54) is 0 Å². The van der Waals surface area contributed by atoms with Gasteiger partial charge >= 0.3 is 6.03 Å². The number of rotatable bonds is 5. The van der Waals surface area contributed by atoms with E-state index in [4.69, 9.17) is 4.42 Å². The van der Waals surface area contributed by atoms with Crippen molar-refractivity contribution in [3.8, 4) is 0 Å². The van der Waals surface area contributed by atoms with Gasteiger partial charge < -0.3 is 14.6 Å². The molecule has 1 saturated heterocycles. The number of carbonyl (C=O) groups is 3. The van der Waals surface area contributed by atoms with E-state index in [0.29, 0.717) is 44.1 Å². The number of piperazine rings is 1. The molecule has 1 aliphatic heterocycles. The first-order valence-electron chi connectivity index (χ1n) is 10.2. The summed E-state index contributed by atoms with van der Waals surface area (Å²) in [6.45, 7) is 2.52. The zero-order chi connectivity index (χ0) is 21.6. The molecule has 0 saturated carbocycles. The van der Waals surface area contributed by atoms with E-state index in [2.05, 4.69) is 10.6 Å². The zero-order valence-corrected chi connectivity index (χ0v) is 17.0. The van der Waals surface area contributed by atoms with E-state index >= 15 is 0 Å². The topological polar surface area (TPSA) is 94.9 Å². The number of fused-ring (bicyclic) bond motifs is 1. The Morgan fingerprint density at radius 3 is 2.35 bits per heavy atom. The number of urea groups is 1. The van der Waals surface area contributed by atoms with Gasteiger partial charge in [0.05, 0.1) is 6.54 Å². The van der Waals surface area contributed by atoms with Crippen LogP contribution >= 0.6 is 0 Å². The quantitative estimate of drug-likeness (QED) is 0.660. The Labute approximate surface area is 179 Å². The third-order valence-corrected chi connectivity index (χ3v) is 5.21. The number of para-hydroxylation sites is 1. The van der Waals surface area contributed by atoms with Crippen molar-refractivity contribution in [1.82, 2.24) is 20.4 Å². The summed E-state index contributed by atoms with van der Waals surface area (Å²) < 4.78 is 5.66. The molecule has 3 aromatic rings. The Bertz CT molecular complexity index is 1040. The number of amides is 4. The van der Waals surface area contributed by atoms with Crippen molar-refractivity contribution in [2.24, 2.45) is 0 Å². The maximum atomic E-state index is 12.7. The fourth-order valence-corrected chi connectivity index (χ4v) is 3.54. The molecule has 8 heteroatoms. The minimum absolute atomic E-state index is 0.103. The van der Waals surface area contributed by atoms with Crippen molar-refractivity contribution in [3.63, 3.8) is 0 Å². The SMILES string of the molecule is O=C(CN1CCN(C(=O)c2cc3ccccc3o2)CC1)NC(=O)NCc1ccccc1. The van der Waals surface area contributed by atoms with E-state index < -0.39 is 6.03 Å². The molecule has 2 N–H and O–H groups in total. The predicted molar refractivity (Wildman–Crippen MR) is 115 cm³/mol. The first-order chi connectivity index (χ1) is 15.1. The number of hydrogen-bond acceptors (Lipinski definition) is 5. The first kappa shape index (κ1) is 20.6. The van der Waals surface area contributed by atoms with Crippen LogP contribution in [0.25, 0.3) is 11.0 Å². The highest BCUT2D eigenvalue weighted by Crippen LogP contribution is 2.20. The van der Waals surface area contributed by atoms with Gasteiger partial charge in [-0.2, -0.15) is 0 Å². The largest absolute Gasteiger partial charge is 0.451 e. The summed E-state index contributed by atoms with van der Waals surface area (Å²) in [6, 6.07) is 18.2. The number of nitrogens with one attached hydrogen (secondary N) is 2. The number of imide groups is 1. The molecule has 0 aliphatic carbocycles. The van der Waals surface area contributed by atoms with Crippen LogP contribution in [0.15, 0.2) is 65.1 Å². The molecule has 4 rings (SSSR count). The van der Waals surface area contributed by atoms with Crippen LogP contribution in [-0.2, 0) is 11.3 Å².